The molecule has 3 rings (SSSR count). The fourth-order valence-electron chi connectivity index (χ4n) is 2.70. The Bertz CT molecular complexity index is 895. The van der Waals surface area contributed by atoms with Crippen LogP contribution < -0.4 is 5.73 Å². The van der Waals surface area contributed by atoms with E-state index >= 15 is 0 Å². The van der Waals surface area contributed by atoms with Gasteiger partial charge in [-0.3, -0.25) is 0 Å². The summed E-state index contributed by atoms with van der Waals surface area (Å²) >= 11 is 5.99. The van der Waals surface area contributed by atoms with Crippen molar-refractivity contribution in [1.29, 1.82) is 5.26 Å². The lowest BCUT2D eigenvalue weighted by Crippen LogP contribution is -2.03. The number of nitrogens with zero attached hydrogens (tertiary/aromatic N) is 2. The van der Waals surface area contributed by atoms with Crippen molar-refractivity contribution in [1.82, 2.24) is 4.98 Å². The summed E-state index contributed by atoms with van der Waals surface area (Å²) in [6, 6.07) is 19.5. The first kappa shape index (κ1) is 15.1. The molecule has 1 aromatic heterocycles. The Morgan fingerprint density at radius 1 is 0.957 bits per heavy atom. The van der Waals surface area contributed by atoms with Crippen molar-refractivity contribution in [2.45, 2.75) is 6.92 Å². The number of aromatic nitrogens is 1. The SMILES string of the molecule is Cc1nc(N)c(C#N)c(-c2ccc(Cl)cc2)c1-c1ccccc1. The molecule has 3 aromatic rings. The largest absolute Gasteiger partial charge is 0.383 e. The highest BCUT2D eigenvalue weighted by atomic mass is 35.5. The number of anilines is 1. The summed E-state index contributed by atoms with van der Waals surface area (Å²) in [5.41, 5.74) is 10.8. The van der Waals surface area contributed by atoms with Crippen molar-refractivity contribution in [2.24, 2.45) is 0 Å². The topological polar surface area (TPSA) is 62.7 Å². The first-order valence-corrected chi connectivity index (χ1v) is 7.51. The molecule has 1 heterocycles. The van der Waals surface area contributed by atoms with Gasteiger partial charge in [0.2, 0.25) is 0 Å². The Morgan fingerprint density at radius 3 is 2.17 bits per heavy atom. The van der Waals surface area contributed by atoms with E-state index in [0.29, 0.717) is 10.6 Å². The van der Waals surface area contributed by atoms with Crippen LogP contribution in [0.2, 0.25) is 5.02 Å². The van der Waals surface area contributed by atoms with Crippen molar-refractivity contribution in [3.8, 4) is 28.3 Å². The Kier molecular flexibility index (Phi) is 4.01. The van der Waals surface area contributed by atoms with Gasteiger partial charge in [0.25, 0.3) is 0 Å². The number of hydrogen-bond donors (Lipinski definition) is 1. The average Bonchev–Trinajstić information content (AvgIpc) is 2.56. The monoisotopic (exact) mass is 319 g/mol. The third-order valence-electron chi connectivity index (χ3n) is 3.71. The molecule has 0 saturated heterocycles. The van der Waals surface area contributed by atoms with Crippen molar-refractivity contribution < 1.29 is 0 Å². The third kappa shape index (κ3) is 2.77. The molecule has 0 unspecified atom stereocenters. The van der Waals surface area contributed by atoms with Crippen molar-refractivity contribution in [3.05, 3.63) is 70.9 Å². The number of nitriles is 1. The molecule has 0 fully saturated rings. The van der Waals surface area contributed by atoms with E-state index in [0.717, 1.165) is 27.9 Å². The van der Waals surface area contributed by atoms with Gasteiger partial charge in [-0.25, -0.2) is 4.98 Å². The van der Waals surface area contributed by atoms with Crippen LogP contribution in [0.1, 0.15) is 11.3 Å². The maximum atomic E-state index is 9.58. The highest BCUT2D eigenvalue weighted by Gasteiger charge is 2.19. The van der Waals surface area contributed by atoms with Crippen molar-refractivity contribution >= 4 is 17.4 Å². The highest BCUT2D eigenvalue weighted by Crippen LogP contribution is 2.38. The second-order valence-electron chi connectivity index (χ2n) is 5.19. The minimum Gasteiger partial charge on any atom is -0.383 e. The van der Waals surface area contributed by atoms with Gasteiger partial charge < -0.3 is 5.73 Å². The molecule has 0 aliphatic heterocycles. The molecule has 23 heavy (non-hydrogen) atoms. The summed E-state index contributed by atoms with van der Waals surface area (Å²) in [6.45, 7) is 1.90. The molecule has 3 nitrogen and oxygen atoms in total. The number of aryl methyl sites for hydroxylation is 1. The van der Waals surface area contributed by atoms with E-state index < -0.39 is 0 Å². The molecular formula is C19H14ClN3. The quantitative estimate of drug-likeness (QED) is 0.735. The predicted octanol–water partition coefficient (Wildman–Crippen LogP) is 4.83. The van der Waals surface area contributed by atoms with E-state index in [1.54, 1.807) is 12.1 Å². The zero-order valence-electron chi connectivity index (χ0n) is 12.5. The number of pyridine rings is 1. The van der Waals surface area contributed by atoms with Crippen LogP contribution in [0.15, 0.2) is 54.6 Å². The van der Waals surface area contributed by atoms with Crippen molar-refractivity contribution in [2.75, 3.05) is 5.73 Å². The molecule has 4 heteroatoms. The maximum Gasteiger partial charge on any atom is 0.142 e. The van der Waals surface area contributed by atoms with E-state index in [1.807, 2.05) is 49.4 Å². The van der Waals surface area contributed by atoms with Crippen LogP contribution in [0.3, 0.4) is 0 Å². The predicted molar refractivity (Wildman–Crippen MR) is 94.0 cm³/mol. The zero-order chi connectivity index (χ0) is 16.4. The first-order valence-electron chi connectivity index (χ1n) is 7.13. The van der Waals surface area contributed by atoms with E-state index in [-0.39, 0.29) is 5.82 Å². The van der Waals surface area contributed by atoms with Crippen LogP contribution in [-0.4, -0.2) is 4.98 Å². The molecule has 0 saturated carbocycles. The van der Waals surface area contributed by atoms with Crippen LogP contribution in [0.4, 0.5) is 5.82 Å². The van der Waals surface area contributed by atoms with Crippen LogP contribution in [0, 0.1) is 18.3 Å². The fourth-order valence-corrected chi connectivity index (χ4v) is 2.83. The normalized spacial score (nSPS) is 10.3. The third-order valence-corrected chi connectivity index (χ3v) is 3.97. The standard InChI is InChI=1S/C19H14ClN3/c1-12-17(13-5-3-2-4-6-13)18(16(11-21)19(22)23-12)14-7-9-15(20)10-8-14/h2-10H,1H3,(H2,22,23). The number of benzene rings is 2. The molecule has 0 bridgehead atoms. The minimum atomic E-state index is 0.245. The van der Waals surface area contributed by atoms with Gasteiger partial charge in [0.05, 0.1) is 0 Å². The van der Waals surface area contributed by atoms with Gasteiger partial charge in [0.1, 0.15) is 17.5 Å². The van der Waals surface area contributed by atoms with E-state index in [4.69, 9.17) is 17.3 Å². The lowest BCUT2D eigenvalue weighted by atomic mass is 9.90. The molecule has 0 spiro atoms. The number of hydrogen-bond acceptors (Lipinski definition) is 3. The summed E-state index contributed by atoms with van der Waals surface area (Å²) in [5, 5.41) is 10.2. The number of nitrogen functional groups attached to an aromatic ring is 1. The molecule has 0 aliphatic rings. The second kappa shape index (κ2) is 6.12. The molecule has 2 aromatic carbocycles. The van der Waals surface area contributed by atoms with Crippen LogP contribution >= 0.6 is 11.6 Å². The minimum absolute atomic E-state index is 0.245. The lowest BCUT2D eigenvalue weighted by molar-refractivity contribution is 1.20. The Labute approximate surface area is 140 Å². The van der Waals surface area contributed by atoms with Crippen LogP contribution in [-0.2, 0) is 0 Å². The smallest absolute Gasteiger partial charge is 0.142 e. The zero-order valence-corrected chi connectivity index (χ0v) is 13.3. The maximum absolute atomic E-state index is 9.58. The van der Waals surface area contributed by atoms with Gasteiger partial charge in [-0.05, 0) is 30.2 Å². The molecule has 0 aliphatic carbocycles. The second-order valence-corrected chi connectivity index (χ2v) is 5.63. The van der Waals surface area contributed by atoms with Gasteiger partial charge in [-0.15, -0.1) is 0 Å². The van der Waals surface area contributed by atoms with Gasteiger partial charge in [-0.2, -0.15) is 5.26 Å². The summed E-state index contributed by atoms with van der Waals surface area (Å²) in [7, 11) is 0. The Balaban J connectivity index is 2.40. The molecule has 2 N–H and O–H groups in total. The van der Waals surface area contributed by atoms with Gasteiger partial charge >= 0.3 is 0 Å². The summed E-state index contributed by atoms with van der Waals surface area (Å²) in [5.74, 6) is 0.245. The van der Waals surface area contributed by atoms with Crippen LogP contribution in [0.25, 0.3) is 22.3 Å². The molecule has 112 valence electrons. The summed E-state index contributed by atoms with van der Waals surface area (Å²) < 4.78 is 0. The summed E-state index contributed by atoms with van der Waals surface area (Å²) in [4.78, 5) is 4.35. The average molecular weight is 320 g/mol. The molecule has 0 amide bonds. The molecular weight excluding hydrogens is 306 g/mol. The fraction of sp³-hybridized carbons (Fsp3) is 0.0526. The van der Waals surface area contributed by atoms with Gasteiger partial charge in [-0.1, -0.05) is 54.1 Å². The van der Waals surface area contributed by atoms with Crippen LogP contribution in [0.5, 0.6) is 0 Å². The molecule has 0 atom stereocenters. The highest BCUT2D eigenvalue weighted by molar-refractivity contribution is 6.30. The van der Waals surface area contributed by atoms with E-state index in [2.05, 4.69) is 11.1 Å². The number of nitrogens with two attached hydrogens (primary N) is 1. The molecule has 0 radical (unpaired) electrons. The Hall–Kier alpha value is -2.83. The van der Waals surface area contributed by atoms with Gasteiger partial charge in [0.15, 0.2) is 0 Å². The number of halogens is 1. The first-order chi connectivity index (χ1) is 11.1. The van der Waals surface area contributed by atoms with Crippen molar-refractivity contribution in [3.63, 3.8) is 0 Å². The van der Waals surface area contributed by atoms with E-state index in [1.165, 1.54) is 0 Å². The van der Waals surface area contributed by atoms with Gasteiger partial charge in [0, 0.05) is 21.8 Å². The summed E-state index contributed by atoms with van der Waals surface area (Å²) in [6.07, 6.45) is 0. The lowest BCUT2D eigenvalue weighted by Gasteiger charge is -2.16. The Morgan fingerprint density at radius 2 is 1.57 bits per heavy atom. The van der Waals surface area contributed by atoms with E-state index in [9.17, 15) is 5.26 Å². The number of rotatable bonds is 2.